The molecule has 1 aromatic heterocycles. The number of hydrogen-bond acceptors (Lipinski definition) is 4. The third-order valence-electron chi connectivity index (χ3n) is 3.21. The highest BCUT2D eigenvalue weighted by Crippen LogP contribution is 2.27. The van der Waals surface area contributed by atoms with Gasteiger partial charge in [0.25, 0.3) is 0 Å². The normalized spacial score (nSPS) is 17.6. The fourth-order valence-electron chi connectivity index (χ4n) is 2.01. The Hall–Kier alpha value is -2.07. The lowest BCUT2D eigenvalue weighted by atomic mass is 10.2. The van der Waals surface area contributed by atoms with Crippen LogP contribution in [0.5, 0.6) is 11.5 Å². The van der Waals surface area contributed by atoms with Crippen LogP contribution in [0.4, 0.5) is 0 Å². The Morgan fingerprint density at radius 3 is 3.05 bits per heavy atom. The van der Waals surface area contributed by atoms with Gasteiger partial charge in [-0.25, -0.2) is 0 Å². The van der Waals surface area contributed by atoms with Gasteiger partial charge in [0.1, 0.15) is 18.1 Å². The highest BCUT2D eigenvalue weighted by molar-refractivity contribution is 5.86. The summed E-state index contributed by atoms with van der Waals surface area (Å²) in [7, 11) is 1.65. The fraction of sp³-hybridized carbons (Fsp3) is 0.312. The van der Waals surface area contributed by atoms with Crippen LogP contribution in [0.3, 0.4) is 0 Å². The van der Waals surface area contributed by atoms with Crippen LogP contribution in [0.1, 0.15) is 6.42 Å². The summed E-state index contributed by atoms with van der Waals surface area (Å²) < 4.78 is 16.2. The second kappa shape index (κ2) is 5.92. The number of methoxy groups -OCH3 is 1. The number of pyridine rings is 1. The molecule has 2 heterocycles. The van der Waals surface area contributed by atoms with Gasteiger partial charge in [-0.3, -0.25) is 4.98 Å². The zero-order valence-corrected chi connectivity index (χ0v) is 11.4. The molecule has 20 heavy (non-hydrogen) atoms. The number of rotatable bonds is 6. The van der Waals surface area contributed by atoms with Crippen LogP contribution in [0.15, 0.2) is 42.6 Å². The predicted octanol–water partition coefficient (Wildman–Crippen LogP) is 2.97. The molecule has 0 saturated carbocycles. The molecule has 4 heteroatoms. The van der Waals surface area contributed by atoms with Crippen molar-refractivity contribution in [2.75, 3.05) is 20.3 Å². The first-order valence-electron chi connectivity index (χ1n) is 6.69. The van der Waals surface area contributed by atoms with Crippen LogP contribution in [-0.2, 0) is 4.74 Å². The molecule has 104 valence electrons. The number of fused-ring (bicyclic) bond motifs is 1. The smallest absolute Gasteiger partial charge is 0.130 e. The Balaban J connectivity index is 1.70. The molecule has 3 rings (SSSR count). The Kier molecular flexibility index (Phi) is 3.83. The molecule has 1 atom stereocenters. The monoisotopic (exact) mass is 271 g/mol. The summed E-state index contributed by atoms with van der Waals surface area (Å²) in [6, 6.07) is 7.65. The van der Waals surface area contributed by atoms with Gasteiger partial charge in [-0.2, -0.15) is 0 Å². The first-order chi connectivity index (χ1) is 9.86. The predicted molar refractivity (Wildman–Crippen MR) is 77.3 cm³/mol. The van der Waals surface area contributed by atoms with Crippen molar-refractivity contribution < 1.29 is 14.2 Å². The minimum absolute atomic E-state index is 0.428. The van der Waals surface area contributed by atoms with Crippen molar-refractivity contribution in [3.05, 3.63) is 42.6 Å². The number of aromatic nitrogens is 1. The summed E-state index contributed by atoms with van der Waals surface area (Å²) in [6.07, 6.45) is 7.27. The number of ether oxygens (including phenoxy) is 3. The van der Waals surface area contributed by atoms with Crippen LogP contribution in [-0.4, -0.2) is 31.4 Å². The highest BCUT2D eigenvalue weighted by atomic mass is 16.6. The summed E-state index contributed by atoms with van der Waals surface area (Å²) in [5.41, 5.74) is 0.902. The van der Waals surface area contributed by atoms with Crippen LogP contribution < -0.4 is 9.47 Å². The van der Waals surface area contributed by atoms with Crippen molar-refractivity contribution in [3.63, 3.8) is 0 Å². The zero-order valence-electron chi connectivity index (χ0n) is 11.4. The summed E-state index contributed by atoms with van der Waals surface area (Å²) in [4.78, 5) is 4.32. The van der Waals surface area contributed by atoms with Crippen molar-refractivity contribution in [2.24, 2.45) is 0 Å². The Morgan fingerprint density at radius 1 is 1.35 bits per heavy atom. The maximum absolute atomic E-state index is 5.80. The van der Waals surface area contributed by atoms with Gasteiger partial charge >= 0.3 is 0 Å². The molecule has 0 N–H and O–H groups in total. The maximum atomic E-state index is 5.80. The minimum Gasteiger partial charge on any atom is -0.497 e. The third kappa shape index (κ3) is 3.08. The van der Waals surface area contributed by atoms with E-state index >= 15 is 0 Å². The van der Waals surface area contributed by atoms with E-state index in [4.69, 9.17) is 14.2 Å². The van der Waals surface area contributed by atoms with Gasteiger partial charge in [0.15, 0.2) is 0 Å². The number of epoxide rings is 1. The van der Waals surface area contributed by atoms with E-state index in [1.54, 1.807) is 13.3 Å². The van der Waals surface area contributed by atoms with Crippen molar-refractivity contribution in [1.82, 2.24) is 4.98 Å². The molecule has 1 aliphatic heterocycles. The van der Waals surface area contributed by atoms with Crippen LogP contribution in [0.25, 0.3) is 10.9 Å². The SMILES string of the molecule is COc1ccc2nccc(OC/C=C/C[C@@H]3CO3)c2c1. The van der Waals surface area contributed by atoms with Crippen molar-refractivity contribution in [2.45, 2.75) is 12.5 Å². The number of benzene rings is 1. The Morgan fingerprint density at radius 2 is 2.25 bits per heavy atom. The average Bonchev–Trinajstić information content (AvgIpc) is 3.31. The molecule has 4 nitrogen and oxygen atoms in total. The van der Waals surface area contributed by atoms with E-state index in [9.17, 15) is 0 Å². The molecule has 1 aromatic carbocycles. The molecule has 0 unspecified atom stereocenters. The largest absolute Gasteiger partial charge is 0.497 e. The molecular weight excluding hydrogens is 254 g/mol. The van der Waals surface area contributed by atoms with Gasteiger partial charge in [-0.05, 0) is 30.7 Å². The first kappa shape index (κ1) is 12.9. The summed E-state index contributed by atoms with van der Waals surface area (Å²) in [6.45, 7) is 1.43. The minimum atomic E-state index is 0.428. The lowest BCUT2D eigenvalue weighted by Gasteiger charge is -2.08. The standard InChI is InChI=1S/C16H17NO3/c1-18-12-5-6-15-14(10-12)16(7-8-17-15)19-9-3-2-4-13-11-20-13/h2-3,5-8,10,13H,4,9,11H2,1H3/b3-2+/t13-/m1/s1. The molecule has 1 aliphatic rings. The average molecular weight is 271 g/mol. The van der Waals surface area contributed by atoms with Crippen molar-refractivity contribution in [3.8, 4) is 11.5 Å². The van der Waals surface area contributed by atoms with Gasteiger partial charge in [0.2, 0.25) is 0 Å². The summed E-state index contributed by atoms with van der Waals surface area (Å²) in [5.74, 6) is 1.62. The van der Waals surface area contributed by atoms with E-state index in [1.165, 1.54) is 0 Å². The highest BCUT2D eigenvalue weighted by Gasteiger charge is 2.19. The number of nitrogens with zero attached hydrogens (tertiary/aromatic N) is 1. The van der Waals surface area contributed by atoms with Crippen molar-refractivity contribution >= 4 is 10.9 Å². The summed E-state index contributed by atoms with van der Waals surface area (Å²) in [5, 5.41) is 0.964. The molecule has 0 radical (unpaired) electrons. The van der Waals surface area contributed by atoms with Crippen molar-refractivity contribution in [1.29, 1.82) is 0 Å². The maximum Gasteiger partial charge on any atom is 0.130 e. The van der Waals surface area contributed by atoms with E-state index in [1.807, 2.05) is 30.3 Å². The molecule has 1 saturated heterocycles. The van der Waals surface area contributed by atoms with Crippen LogP contribution in [0, 0.1) is 0 Å². The quantitative estimate of drug-likeness (QED) is 0.598. The lowest BCUT2D eigenvalue weighted by molar-refractivity contribution is 0.365. The van der Waals surface area contributed by atoms with Crippen LogP contribution in [0.2, 0.25) is 0 Å². The van der Waals surface area contributed by atoms with Gasteiger partial charge in [0, 0.05) is 11.6 Å². The van der Waals surface area contributed by atoms with Gasteiger partial charge in [0.05, 0.1) is 25.3 Å². The second-order valence-corrected chi connectivity index (χ2v) is 4.67. The van der Waals surface area contributed by atoms with Gasteiger partial charge in [-0.1, -0.05) is 12.2 Å². The number of hydrogen-bond donors (Lipinski definition) is 0. The second-order valence-electron chi connectivity index (χ2n) is 4.67. The van der Waals surface area contributed by atoms with E-state index in [-0.39, 0.29) is 0 Å². The fourth-order valence-corrected chi connectivity index (χ4v) is 2.01. The molecule has 0 bridgehead atoms. The topological polar surface area (TPSA) is 43.9 Å². The Labute approximate surface area is 118 Å². The third-order valence-corrected chi connectivity index (χ3v) is 3.21. The molecule has 0 amide bonds. The van der Waals surface area contributed by atoms with E-state index in [2.05, 4.69) is 11.1 Å². The molecule has 2 aromatic rings. The molecular formula is C16H17NO3. The van der Waals surface area contributed by atoms with E-state index in [0.717, 1.165) is 35.4 Å². The Bertz CT molecular complexity index is 620. The summed E-state index contributed by atoms with van der Waals surface area (Å²) >= 11 is 0. The molecule has 0 aliphatic carbocycles. The van der Waals surface area contributed by atoms with E-state index < -0.39 is 0 Å². The van der Waals surface area contributed by atoms with E-state index in [0.29, 0.717) is 12.7 Å². The van der Waals surface area contributed by atoms with Gasteiger partial charge in [-0.15, -0.1) is 0 Å². The first-order valence-corrected chi connectivity index (χ1v) is 6.69. The van der Waals surface area contributed by atoms with Gasteiger partial charge < -0.3 is 14.2 Å². The molecule has 1 fully saturated rings. The zero-order chi connectivity index (χ0) is 13.8. The lowest BCUT2D eigenvalue weighted by Crippen LogP contribution is -1.95. The molecule has 0 spiro atoms. The van der Waals surface area contributed by atoms with Crippen LogP contribution >= 0.6 is 0 Å².